The first-order chi connectivity index (χ1) is 15.0. The van der Waals surface area contributed by atoms with E-state index < -0.39 is 23.5 Å². The number of alkyl halides is 6. The lowest BCUT2D eigenvalue weighted by Crippen LogP contribution is -2.11. The van der Waals surface area contributed by atoms with E-state index in [1.54, 1.807) is 25.1 Å². The van der Waals surface area contributed by atoms with Gasteiger partial charge in [0.1, 0.15) is 17.5 Å². The van der Waals surface area contributed by atoms with Crippen LogP contribution in [0.25, 0.3) is 23.4 Å². The molecule has 1 N–H and O–H groups in total. The molecule has 166 valence electrons. The third-order valence-electron chi connectivity index (χ3n) is 4.30. The molecule has 0 unspecified atom stereocenters. The normalized spacial score (nSPS) is 12.2. The number of H-pyrrole nitrogens is 1. The number of benzene rings is 2. The molecule has 0 spiro atoms. The largest absolute Gasteiger partial charge is 0.493 e. The van der Waals surface area contributed by atoms with Crippen molar-refractivity contribution in [3.05, 3.63) is 64.3 Å². The molecule has 3 aromatic rings. The zero-order valence-corrected chi connectivity index (χ0v) is 16.3. The lowest BCUT2D eigenvalue weighted by atomic mass is 10.0. The van der Waals surface area contributed by atoms with Crippen LogP contribution in [0.4, 0.5) is 26.3 Å². The predicted octanol–water partition coefficient (Wildman–Crippen LogP) is 5.95. The maximum Gasteiger partial charge on any atom is 0.416 e. The van der Waals surface area contributed by atoms with Crippen molar-refractivity contribution >= 4 is 12.2 Å². The van der Waals surface area contributed by atoms with Gasteiger partial charge in [0.15, 0.2) is 5.69 Å². The van der Waals surface area contributed by atoms with Crippen molar-refractivity contribution < 1.29 is 31.1 Å². The minimum absolute atomic E-state index is 0.0692. The summed E-state index contributed by atoms with van der Waals surface area (Å²) in [4.78, 5) is 0. The van der Waals surface area contributed by atoms with Crippen LogP contribution in [-0.4, -0.2) is 22.0 Å². The molecule has 0 fully saturated rings. The number of aromatic nitrogens is 3. The molecule has 0 saturated carbocycles. The first-order valence-corrected chi connectivity index (χ1v) is 9.09. The van der Waals surface area contributed by atoms with Gasteiger partial charge in [-0.3, -0.25) is 0 Å². The maximum atomic E-state index is 13.1. The fourth-order valence-electron chi connectivity index (χ4n) is 2.88. The molecule has 32 heavy (non-hydrogen) atoms. The first kappa shape index (κ1) is 22.9. The van der Waals surface area contributed by atoms with Gasteiger partial charge in [0.2, 0.25) is 0 Å². The van der Waals surface area contributed by atoms with Gasteiger partial charge in [0.05, 0.1) is 17.7 Å². The van der Waals surface area contributed by atoms with E-state index in [1.165, 1.54) is 6.08 Å². The Balaban J connectivity index is 2.05. The Morgan fingerprint density at radius 1 is 0.969 bits per heavy atom. The van der Waals surface area contributed by atoms with Gasteiger partial charge >= 0.3 is 12.4 Å². The summed E-state index contributed by atoms with van der Waals surface area (Å²) < 4.78 is 83.8. The molecule has 0 aliphatic rings. The molecular formula is C21H14F6N4O. The van der Waals surface area contributed by atoms with Gasteiger partial charge in [0, 0.05) is 5.56 Å². The van der Waals surface area contributed by atoms with E-state index in [-0.39, 0.29) is 23.0 Å². The van der Waals surface area contributed by atoms with Crippen LogP contribution in [0.1, 0.15) is 34.9 Å². The van der Waals surface area contributed by atoms with Crippen LogP contribution in [-0.2, 0) is 12.4 Å². The highest BCUT2D eigenvalue weighted by Gasteiger charge is 2.36. The van der Waals surface area contributed by atoms with Crippen LogP contribution in [0.2, 0.25) is 0 Å². The van der Waals surface area contributed by atoms with Crippen molar-refractivity contribution in [2.75, 3.05) is 6.61 Å². The molecule has 2 aromatic carbocycles. The monoisotopic (exact) mass is 452 g/mol. The second-order valence-electron chi connectivity index (χ2n) is 6.51. The topological polar surface area (TPSA) is 74.6 Å². The molecule has 0 bridgehead atoms. The van der Waals surface area contributed by atoms with E-state index in [2.05, 4.69) is 15.4 Å². The van der Waals surface area contributed by atoms with E-state index in [9.17, 15) is 31.6 Å². The number of aromatic amines is 1. The lowest BCUT2D eigenvalue weighted by Gasteiger charge is -2.13. The Bertz CT molecular complexity index is 1160. The molecule has 1 heterocycles. The van der Waals surface area contributed by atoms with Crippen LogP contribution in [0.3, 0.4) is 0 Å². The van der Waals surface area contributed by atoms with Crippen LogP contribution in [0, 0.1) is 11.3 Å². The summed E-state index contributed by atoms with van der Waals surface area (Å²) in [7, 11) is 0. The van der Waals surface area contributed by atoms with E-state index in [0.29, 0.717) is 35.6 Å². The van der Waals surface area contributed by atoms with Crippen LogP contribution in [0.5, 0.6) is 5.75 Å². The fraction of sp³-hybridized carbons (Fsp3) is 0.190. The zero-order valence-electron chi connectivity index (χ0n) is 16.3. The Morgan fingerprint density at radius 2 is 1.59 bits per heavy atom. The second-order valence-corrected chi connectivity index (χ2v) is 6.51. The van der Waals surface area contributed by atoms with Gasteiger partial charge < -0.3 is 4.74 Å². The van der Waals surface area contributed by atoms with Crippen molar-refractivity contribution in [1.82, 2.24) is 15.4 Å². The summed E-state index contributed by atoms with van der Waals surface area (Å²) in [6.45, 7) is 2.06. The van der Waals surface area contributed by atoms with Gasteiger partial charge in [-0.05, 0) is 48.4 Å². The minimum atomic E-state index is -4.93. The number of ether oxygens (including phenoxy) is 1. The summed E-state index contributed by atoms with van der Waals surface area (Å²) in [6, 6.07) is 7.89. The summed E-state index contributed by atoms with van der Waals surface area (Å²) in [5.41, 5.74) is -1.99. The third-order valence-corrected chi connectivity index (χ3v) is 4.30. The molecule has 0 aliphatic heterocycles. The second kappa shape index (κ2) is 8.74. The molecule has 0 radical (unpaired) electrons. The number of nitrogens with one attached hydrogen (secondary N) is 1. The average Bonchev–Trinajstić information content (AvgIpc) is 3.20. The van der Waals surface area contributed by atoms with Crippen molar-refractivity contribution in [2.45, 2.75) is 19.3 Å². The molecule has 0 aliphatic carbocycles. The molecular weight excluding hydrogens is 438 g/mol. The zero-order chi connectivity index (χ0) is 23.5. The van der Waals surface area contributed by atoms with Crippen molar-refractivity contribution in [2.24, 2.45) is 0 Å². The number of rotatable bonds is 5. The van der Waals surface area contributed by atoms with Gasteiger partial charge in [-0.2, -0.15) is 31.6 Å². The smallest absolute Gasteiger partial charge is 0.416 e. The number of hydrogen-bond acceptors (Lipinski definition) is 4. The highest BCUT2D eigenvalue weighted by Crippen LogP contribution is 2.37. The summed E-state index contributed by atoms with van der Waals surface area (Å²) in [6.07, 6.45) is -7.38. The number of nitrogens with zero attached hydrogens (tertiary/aromatic N) is 3. The maximum absolute atomic E-state index is 13.1. The summed E-state index contributed by atoms with van der Waals surface area (Å²) in [5.74, 6) is 0.383. The molecule has 3 rings (SSSR count). The Hall–Kier alpha value is -3.81. The Kier molecular flexibility index (Phi) is 6.25. The minimum Gasteiger partial charge on any atom is -0.493 e. The highest BCUT2D eigenvalue weighted by atomic mass is 19.4. The SMILES string of the molecule is CCOc1ccc(/C=C/c2cc(C(F)(F)F)cc(C(F)(F)F)c2)cc1-c1nn[nH]c1C#N. The first-order valence-electron chi connectivity index (χ1n) is 9.09. The molecule has 0 amide bonds. The van der Waals surface area contributed by atoms with E-state index in [4.69, 9.17) is 4.74 Å². The summed E-state index contributed by atoms with van der Waals surface area (Å²) in [5, 5.41) is 19.1. The highest BCUT2D eigenvalue weighted by molar-refractivity contribution is 5.77. The molecule has 1 aromatic heterocycles. The quantitative estimate of drug-likeness (QED) is 0.384. The van der Waals surface area contributed by atoms with Gasteiger partial charge in [-0.25, -0.2) is 5.10 Å². The van der Waals surface area contributed by atoms with E-state index in [1.807, 2.05) is 6.07 Å². The van der Waals surface area contributed by atoms with Crippen LogP contribution < -0.4 is 4.74 Å². The van der Waals surface area contributed by atoms with Crippen LogP contribution in [0.15, 0.2) is 36.4 Å². The van der Waals surface area contributed by atoms with Gasteiger partial charge in [-0.15, -0.1) is 5.10 Å². The molecule has 0 atom stereocenters. The van der Waals surface area contributed by atoms with Crippen LogP contribution >= 0.6 is 0 Å². The van der Waals surface area contributed by atoms with Gasteiger partial charge in [0.25, 0.3) is 0 Å². The number of hydrogen-bond donors (Lipinski definition) is 1. The van der Waals surface area contributed by atoms with Crippen molar-refractivity contribution in [1.29, 1.82) is 5.26 Å². The molecule has 5 nitrogen and oxygen atoms in total. The predicted molar refractivity (Wildman–Crippen MR) is 103 cm³/mol. The molecule has 0 saturated heterocycles. The standard InChI is InChI=1S/C21H14F6N4O/c1-2-32-18-6-5-12(9-16(18)19-17(11-28)29-31-30-19)3-4-13-7-14(20(22,23)24)10-15(8-13)21(25,26)27/h3-10H,2H2,1H3,(H,29,30,31)/b4-3+. The third kappa shape index (κ3) is 5.08. The Labute approximate surface area is 177 Å². The van der Waals surface area contributed by atoms with E-state index >= 15 is 0 Å². The summed E-state index contributed by atoms with van der Waals surface area (Å²) >= 11 is 0. The Morgan fingerprint density at radius 3 is 2.16 bits per heavy atom. The van der Waals surface area contributed by atoms with Gasteiger partial charge in [-0.1, -0.05) is 23.4 Å². The average molecular weight is 452 g/mol. The van der Waals surface area contributed by atoms with Crippen molar-refractivity contribution in [3.63, 3.8) is 0 Å². The lowest BCUT2D eigenvalue weighted by molar-refractivity contribution is -0.143. The van der Waals surface area contributed by atoms with Crippen molar-refractivity contribution in [3.8, 4) is 23.1 Å². The molecule has 11 heteroatoms. The number of halogens is 6. The fourth-order valence-corrected chi connectivity index (χ4v) is 2.88. The van der Waals surface area contributed by atoms with E-state index in [0.717, 1.165) is 6.08 Å². The number of nitriles is 1.